The highest BCUT2D eigenvalue weighted by Gasteiger charge is 2.19. The Balaban J connectivity index is 2.40. The molecule has 1 N–H and O–H groups in total. The Morgan fingerprint density at radius 3 is 2.62 bits per heavy atom. The average Bonchev–Trinajstić information content (AvgIpc) is 2.45. The summed E-state index contributed by atoms with van der Waals surface area (Å²) in [5, 5.41) is 10.3. The molecule has 0 spiro atoms. The SMILES string of the molecule is O=c1c(O)c(-c2cc(F)ccc2F)oc2cc(Cl)ccc12. The van der Waals surface area contributed by atoms with Crippen LogP contribution in [0.5, 0.6) is 5.75 Å². The van der Waals surface area contributed by atoms with Gasteiger partial charge in [0.25, 0.3) is 0 Å². The standard InChI is InChI=1S/C15H7ClF2O3/c16-7-1-3-9-12(5-7)21-15(14(20)13(9)19)10-6-8(17)2-4-11(10)18/h1-6,20H. The fraction of sp³-hybridized carbons (Fsp3) is 0. The lowest BCUT2D eigenvalue weighted by atomic mass is 10.1. The third-order valence-electron chi connectivity index (χ3n) is 3.00. The first-order valence-electron chi connectivity index (χ1n) is 5.88. The molecule has 0 saturated heterocycles. The molecular formula is C15H7ClF2O3. The van der Waals surface area contributed by atoms with Gasteiger partial charge in [0.2, 0.25) is 11.2 Å². The molecule has 0 amide bonds. The van der Waals surface area contributed by atoms with Crippen LogP contribution in [-0.4, -0.2) is 5.11 Å². The van der Waals surface area contributed by atoms with Crippen molar-refractivity contribution >= 4 is 22.6 Å². The zero-order valence-corrected chi connectivity index (χ0v) is 11.1. The molecule has 1 heterocycles. The van der Waals surface area contributed by atoms with Crippen molar-refractivity contribution in [1.82, 2.24) is 0 Å². The van der Waals surface area contributed by atoms with Crippen LogP contribution in [0.3, 0.4) is 0 Å². The minimum atomic E-state index is -0.823. The lowest BCUT2D eigenvalue weighted by Crippen LogP contribution is -2.03. The molecule has 1 aromatic heterocycles. The molecule has 2 aromatic carbocycles. The molecule has 3 aromatic rings. The maximum absolute atomic E-state index is 13.8. The molecule has 0 aliphatic heterocycles. The Morgan fingerprint density at radius 2 is 1.86 bits per heavy atom. The Labute approximate surface area is 122 Å². The number of hydrogen-bond acceptors (Lipinski definition) is 3. The van der Waals surface area contributed by atoms with Crippen LogP contribution in [-0.2, 0) is 0 Å². The van der Waals surface area contributed by atoms with Gasteiger partial charge < -0.3 is 9.52 Å². The van der Waals surface area contributed by atoms with Gasteiger partial charge in [0.1, 0.15) is 17.2 Å². The second-order valence-electron chi connectivity index (χ2n) is 4.37. The van der Waals surface area contributed by atoms with Crippen LogP contribution >= 0.6 is 11.6 Å². The topological polar surface area (TPSA) is 50.4 Å². The fourth-order valence-electron chi connectivity index (χ4n) is 2.01. The van der Waals surface area contributed by atoms with E-state index in [-0.39, 0.29) is 16.5 Å². The number of aromatic hydroxyl groups is 1. The number of fused-ring (bicyclic) bond motifs is 1. The first kappa shape index (κ1) is 13.6. The van der Waals surface area contributed by atoms with E-state index in [0.29, 0.717) is 5.02 Å². The van der Waals surface area contributed by atoms with Crippen molar-refractivity contribution in [2.24, 2.45) is 0 Å². The maximum Gasteiger partial charge on any atom is 0.235 e. The summed E-state index contributed by atoms with van der Waals surface area (Å²) in [5.74, 6) is -2.77. The molecule has 0 saturated carbocycles. The van der Waals surface area contributed by atoms with E-state index in [1.807, 2.05) is 0 Å². The minimum Gasteiger partial charge on any atom is -0.502 e. The summed E-state index contributed by atoms with van der Waals surface area (Å²) in [5.41, 5.74) is -1.01. The molecule has 3 nitrogen and oxygen atoms in total. The molecule has 0 radical (unpaired) electrons. The van der Waals surface area contributed by atoms with Crippen molar-refractivity contribution in [2.45, 2.75) is 0 Å². The summed E-state index contributed by atoms with van der Waals surface area (Å²) in [6, 6.07) is 6.85. The fourth-order valence-corrected chi connectivity index (χ4v) is 2.17. The van der Waals surface area contributed by atoms with E-state index in [9.17, 15) is 18.7 Å². The number of rotatable bonds is 1. The smallest absolute Gasteiger partial charge is 0.235 e. The largest absolute Gasteiger partial charge is 0.502 e. The molecule has 21 heavy (non-hydrogen) atoms. The average molecular weight is 309 g/mol. The molecule has 0 unspecified atom stereocenters. The number of halogens is 3. The van der Waals surface area contributed by atoms with Crippen molar-refractivity contribution in [3.8, 4) is 17.1 Å². The van der Waals surface area contributed by atoms with Gasteiger partial charge >= 0.3 is 0 Å². The molecule has 3 rings (SSSR count). The quantitative estimate of drug-likeness (QED) is 0.736. The predicted molar refractivity (Wildman–Crippen MR) is 74.5 cm³/mol. The summed E-state index contributed by atoms with van der Waals surface area (Å²) in [7, 11) is 0. The summed E-state index contributed by atoms with van der Waals surface area (Å²) in [4.78, 5) is 12.1. The van der Waals surface area contributed by atoms with E-state index in [0.717, 1.165) is 18.2 Å². The summed E-state index contributed by atoms with van der Waals surface area (Å²) in [6.07, 6.45) is 0. The molecule has 6 heteroatoms. The highest BCUT2D eigenvalue weighted by molar-refractivity contribution is 6.31. The number of benzene rings is 2. The van der Waals surface area contributed by atoms with Crippen LogP contribution in [0.25, 0.3) is 22.3 Å². The third-order valence-corrected chi connectivity index (χ3v) is 3.24. The Hall–Kier alpha value is -2.40. The van der Waals surface area contributed by atoms with Gasteiger partial charge in [-0.3, -0.25) is 4.79 Å². The van der Waals surface area contributed by atoms with Crippen LogP contribution in [0.1, 0.15) is 0 Å². The zero-order chi connectivity index (χ0) is 15.1. The van der Waals surface area contributed by atoms with E-state index in [1.54, 1.807) is 0 Å². The Morgan fingerprint density at radius 1 is 1.10 bits per heavy atom. The number of hydrogen-bond donors (Lipinski definition) is 1. The van der Waals surface area contributed by atoms with Gasteiger partial charge in [-0.15, -0.1) is 0 Å². The normalized spacial score (nSPS) is 11.0. The van der Waals surface area contributed by atoms with Gasteiger partial charge in [-0.05, 0) is 30.3 Å². The third kappa shape index (κ3) is 2.25. The van der Waals surface area contributed by atoms with Gasteiger partial charge in [-0.2, -0.15) is 0 Å². The van der Waals surface area contributed by atoms with Crippen LogP contribution < -0.4 is 5.43 Å². The van der Waals surface area contributed by atoms with Crippen molar-refractivity contribution in [3.05, 3.63) is 63.3 Å². The van der Waals surface area contributed by atoms with E-state index in [1.165, 1.54) is 18.2 Å². The molecule has 0 aliphatic carbocycles. The van der Waals surface area contributed by atoms with Gasteiger partial charge in [0.05, 0.1) is 10.9 Å². The Kier molecular flexibility index (Phi) is 3.14. The summed E-state index contributed by atoms with van der Waals surface area (Å²) < 4.78 is 32.4. The van der Waals surface area contributed by atoms with Gasteiger partial charge in [-0.1, -0.05) is 11.6 Å². The lowest BCUT2D eigenvalue weighted by Gasteiger charge is -2.07. The second-order valence-corrected chi connectivity index (χ2v) is 4.81. The highest BCUT2D eigenvalue weighted by atomic mass is 35.5. The zero-order valence-electron chi connectivity index (χ0n) is 10.4. The molecular weight excluding hydrogens is 302 g/mol. The van der Waals surface area contributed by atoms with Crippen molar-refractivity contribution in [2.75, 3.05) is 0 Å². The first-order chi connectivity index (χ1) is 9.97. The maximum atomic E-state index is 13.8. The van der Waals surface area contributed by atoms with Gasteiger partial charge in [-0.25, -0.2) is 8.78 Å². The van der Waals surface area contributed by atoms with Crippen LogP contribution in [0, 0.1) is 11.6 Å². The molecule has 106 valence electrons. The van der Waals surface area contributed by atoms with Crippen molar-refractivity contribution in [3.63, 3.8) is 0 Å². The van der Waals surface area contributed by atoms with E-state index in [4.69, 9.17) is 16.0 Å². The molecule has 0 atom stereocenters. The van der Waals surface area contributed by atoms with Crippen LogP contribution in [0.15, 0.2) is 45.6 Å². The summed E-state index contributed by atoms with van der Waals surface area (Å²) >= 11 is 5.81. The second kappa shape index (κ2) is 4.86. The minimum absolute atomic E-state index is 0.0731. The van der Waals surface area contributed by atoms with Crippen LogP contribution in [0.4, 0.5) is 8.78 Å². The van der Waals surface area contributed by atoms with E-state index in [2.05, 4.69) is 0 Å². The summed E-state index contributed by atoms with van der Waals surface area (Å²) in [6.45, 7) is 0. The van der Waals surface area contributed by atoms with Gasteiger partial charge in [0, 0.05) is 11.1 Å². The molecule has 0 fully saturated rings. The molecule has 0 bridgehead atoms. The van der Waals surface area contributed by atoms with Gasteiger partial charge in [0.15, 0.2) is 5.76 Å². The highest BCUT2D eigenvalue weighted by Crippen LogP contribution is 2.32. The molecule has 0 aliphatic rings. The van der Waals surface area contributed by atoms with Crippen LogP contribution in [0.2, 0.25) is 5.02 Å². The van der Waals surface area contributed by atoms with Crippen molar-refractivity contribution < 1.29 is 18.3 Å². The lowest BCUT2D eigenvalue weighted by molar-refractivity contribution is 0.447. The monoisotopic (exact) mass is 308 g/mol. The van der Waals surface area contributed by atoms with E-state index < -0.39 is 28.6 Å². The first-order valence-corrected chi connectivity index (χ1v) is 6.26. The Bertz CT molecular complexity index is 919. The predicted octanol–water partition coefficient (Wildman–Crippen LogP) is 4.10. The van der Waals surface area contributed by atoms with Crippen molar-refractivity contribution in [1.29, 1.82) is 0 Å². The van der Waals surface area contributed by atoms with E-state index >= 15 is 0 Å².